The first-order valence-corrected chi connectivity index (χ1v) is 7.42. The van der Waals surface area contributed by atoms with Crippen LogP contribution in [0.4, 0.5) is 0 Å². The van der Waals surface area contributed by atoms with Crippen LogP contribution in [0.1, 0.15) is 29.3 Å². The molecule has 0 saturated carbocycles. The second-order valence-electron chi connectivity index (χ2n) is 4.18. The number of fused-ring (bicyclic) bond motifs is 1. The summed E-state index contributed by atoms with van der Waals surface area (Å²) in [5.74, 6) is 0. The van der Waals surface area contributed by atoms with Crippen molar-refractivity contribution in [3.63, 3.8) is 0 Å². The van der Waals surface area contributed by atoms with Crippen LogP contribution >= 0.6 is 27.3 Å². The van der Waals surface area contributed by atoms with Crippen molar-refractivity contribution < 1.29 is 9.47 Å². The Bertz CT molecular complexity index is 365. The number of hydrogen-bond donors (Lipinski definition) is 1. The maximum atomic E-state index is 5.19. The summed E-state index contributed by atoms with van der Waals surface area (Å²) in [5.41, 5.74) is 1.44. The number of rotatable bonds is 5. The van der Waals surface area contributed by atoms with Crippen LogP contribution < -0.4 is 5.32 Å². The molecule has 1 heterocycles. The lowest BCUT2D eigenvalue weighted by Gasteiger charge is -2.25. The number of aryl methyl sites for hydroxylation is 1. The Hall–Kier alpha value is 0.0600. The molecular weight excluding hydrogens is 302 g/mol. The Kier molecular flexibility index (Phi) is 4.99. The average Bonchev–Trinajstić information content (AvgIpc) is 2.71. The van der Waals surface area contributed by atoms with Crippen molar-refractivity contribution in [2.24, 2.45) is 0 Å². The normalized spacial score (nSPS) is 19.6. The summed E-state index contributed by atoms with van der Waals surface area (Å²) in [5, 5.41) is 3.53. The molecule has 0 aromatic carbocycles. The second kappa shape index (κ2) is 6.29. The van der Waals surface area contributed by atoms with Crippen LogP contribution in [-0.4, -0.2) is 27.1 Å². The molecular formula is C12H18BrNO2S. The van der Waals surface area contributed by atoms with E-state index in [0.29, 0.717) is 6.04 Å². The van der Waals surface area contributed by atoms with Gasteiger partial charge < -0.3 is 14.8 Å². The van der Waals surface area contributed by atoms with Gasteiger partial charge in [-0.05, 0) is 46.8 Å². The Balaban J connectivity index is 1.98. The Morgan fingerprint density at radius 2 is 2.29 bits per heavy atom. The first-order valence-electron chi connectivity index (χ1n) is 5.81. The van der Waals surface area contributed by atoms with Crippen LogP contribution in [-0.2, 0) is 15.9 Å². The first kappa shape index (κ1) is 13.5. The molecule has 0 bridgehead atoms. The van der Waals surface area contributed by atoms with Crippen molar-refractivity contribution in [3.05, 3.63) is 20.3 Å². The SMILES string of the molecule is COC(CNC1CCCc2sc(Br)cc21)OC. The lowest BCUT2D eigenvalue weighted by Crippen LogP contribution is -2.33. The molecule has 3 nitrogen and oxygen atoms in total. The summed E-state index contributed by atoms with van der Waals surface area (Å²) in [6.45, 7) is 0.727. The molecule has 0 radical (unpaired) electrons. The zero-order valence-electron chi connectivity index (χ0n) is 10.2. The van der Waals surface area contributed by atoms with Crippen LogP contribution in [0, 0.1) is 0 Å². The van der Waals surface area contributed by atoms with E-state index in [1.807, 2.05) is 11.3 Å². The summed E-state index contributed by atoms with van der Waals surface area (Å²) in [7, 11) is 3.34. The van der Waals surface area contributed by atoms with Gasteiger partial charge in [0.1, 0.15) is 0 Å². The monoisotopic (exact) mass is 319 g/mol. The molecule has 0 spiro atoms. The summed E-state index contributed by atoms with van der Waals surface area (Å²) < 4.78 is 11.6. The molecule has 1 aromatic heterocycles. The zero-order valence-corrected chi connectivity index (χ0v) is 12.6. The highest BCUT2D eigenvalue weighted by Crippen LogP contribution is 2.37. The molecule has 2 rings (SSSR count). The van der Waals surface area contributed by atoms with E-state index in [0.717, 1.165) is 6.54 Å². The number of thiophene rings is 1. The van der Waals surface area contributed by atoms with Gasteiger partial charge in [-0.25, -0.2) is 0 Å². The van der Waals surface area contributed by atoms with Gasteiger partial charge in [0.2, 0.25) is 0 Å². The topological polar surface area (TPSA) is 30.5 Å². The predicted octanol–water partition coefficient (Wildman–Crippen LogP) is 3.10. The van der Waals surface area contributed by atoms with E-state index in [9.17, 15) is 0 Å². The van der Waals surface area contributed by atoms with Crippen molar-refractivity contribution in [2.75, 3.05) is 20.8 Å². The van der Waals surface area contributed by atoms with Gasteiger partial charge in [0.25, 0.3) is 0 Å². The molecule has 0 saturated heterocycles. The first-order chi connectivity index (χ1) is 8.24. The Morgan fingerprint density at radius 1 is 1.53 bits per heavy atom. The lowest BCUT2D eigenvalue weighted by molar-refractivity contribution is -0.100. The average molecular weight is 320 g/mol. The Labute approximate surface area is 115 Å². The fraction of sp³-hybridized carbons (Fsp3) is 0.667. The van der Waals surface area contributed by atoms with E-state index in [4.69, 9.17) is 9.47 Å². The maximum absolute atomic E-state index is 5.19. The fourth-order valence-electron chi connectivity index (χ4n) is 2.23. The third kappa shape index (κ3) is 3.29. The minimum absolute atomic E-state index is 0.164. The van der Waals surface area contributed by atoms with Crippen molar-refractivity contribution >= 4 is 27.3 Å². The van der Waals surface area contributed by atoms with Crippen LogP contribution in [0.2, 0.25) is 0 Å². The van der Waals surface area contributed by atoms with Crippen LogP contribution in [0.5, 0.6) is 0 Å². The molecule has 5 heteroatoms. The highest BCUT2D eigenvalue weighted by atomic mass is 79.9. The number of nitrogens with one attached hydrogen (secondary N) is 1. The number of hydrogen-bond acceptors (Lipinski definition) is 4. The van der Waals surface area contributed by atoms with Gasteiger partial charge >= 0.3 is 0 Å². The highest BCUT2D eigenvalue weighted by molar-refractivity contribution is 9.11. The van der Waals surface area contributed by atoms with E-state index in [2.05, 4.69) is 27.3 Å². The van der Waals surface area contributed by atoms with Crippen molar-refractivity contribution in [1.29, 1.82) is 0 Å². The van der Waals surface area contributed by atoms with E-state index >= 15 is 0 Å². The van der Waals surface area contributed by atoms with Crippen molar-refractivity contribution in [2.45, 2.75) is 31.6 Å². The van der Waals surface area contributed by atoms with Gasteiger partial charge in [0.05, 0.1) is 3.79 Å². The van der Waals surface area contributed by atoms with E-state index in [-0.39, 0.29) is 6.29 Å². The van der Waals surface area contributed by atoms with Gasteiger partial charge in [0, 0.05) is 31.7 Å². The van der Waals surface area contributed by atoms with Gasteiger partial charge in [-0.15, -0.1) is 11.3 Å². The molecule has 1 atom stereocenters. The summed E-state index contributed by atoms with van der Waals surface area (Å²) in [4.78, 5) is 1.51. The zero-order chi connectivity index (χ0) is 12.3. The summed E-state index contributed by atoms with van der Waals surface area (Å²) in [6, 6.07) is 2.68. The molecule has 0 aliphatic heterocycles. The lowest BCUT2D eigenvalue weighted by atomic mass is 9.94. The predicted molar refractivity (Wildman–Crippen MR) is 73.5 cm³/mol. The number of methoxy groups -OCH3 is 2. The van der Waals surface area contributed by atoms with Crippen LogP contribution in [0.3, 0.4) is 0 Å². The minimum Gasteiger partial charge on any atom is -0.355 e. The van der Waals surface area contributed by atoms with Gasteiger partial charge in [-0.3, -0.25) is 0 Å². The fourth-order valence-corrected chi connectivity index (χ4v) is 4.05. The van der Waals surface area contributed by atoms with Gasteiger partial charge in [-0.2, -0.15) is 0 Å². The third-order valence-electron chi connectivity index (χ3n) is 3.14. The third-order valence-corrected chi connectivity index (χ3v) is 4.85. The number of halogens is 1. The maximum Gasteiger partial charge on any atom is 0.169 e. The molecule has 96 valence electrons. The summed E-state index contributed by atoms with van der Waals surface area (Å²) >= 11 is 5.42. The molecule has 1 aromatic rings. The molecule has 1 aliphatic rings. The van der Waals surface area contributed by atoms with Crippen LogP contribution in [0.25, 0.3) is 0 Å². The molecule has 0 amide bonds. The van der Waals surface area contributed by atoms with Gasteiger partial charge in [0.15, 0.2) is 6.29 Å². The highest BCUT2D eigenvalue weighted by Gasteiger charge is 2.22. The van der Waals surface area contributed by atoms with Crippen LogP contribution in [0.15, 0.2) is 9.85 Å². The van der Waals surface area contributed by atoms with E-state index < -0.39 is 0 Å². The molecule has 17 heavy (non-hydrogen) atoms. The molecule has 0 fully saturated rings. The standard InChI is InChI=1S/C12H18BrNO2S/c1-15-12(16-2)7-14-9-4-3-5-10-8(9)6-11(13)17-10/h6,9,12,14H,3-5,7H2,1-2H3. The van der Waals surface area contributed by atoms with Crippen molar-refractivity contribution in [3.8, 4) is 0 Å². The van der Waals surface area contributed by atoms with Crippen molar-refractivity contribution in [1.82, 2.24) is 5.32 Å². The summed E-state index contributed by atoms with van der Waals surface area (Å²) in [6.07, 6.45) is 3.49. The quantitative estimate of drug-likeness (QED) is 0.846. The molecule has 1 aliphatic carbocycles. The Morgan fingerprint density at radius 3 is 3.00 bits per heavy atom. The smallest absolute Gasteiger partial charge is 0.169 e. The minimum atomic E-state index is -0.164. The van der Waals surface area contributed by atoms with Gasteiger partial charge in [-0.1, -0.05) is 0 Å². The molecule has 1 N–H and O–H groups in total. The molecule has 1 unspecified atom stereocenters. The van der Waals surface area contributed by atoms with E-state index in [1.165, 1.54) is 33.5 Å². The number of ether oxygens (including phenoxy) is 2. The second-order valence-corrected chi connectivity index (χ2v) is 6.70. The van der Waals surface area contributed by atoms with E-state index in [1.54, 1.807) is 14.2 Å². The largest absolute Gasteiger partial charge is 0.355 e.